The van der Waals surface area contributed by atoms with Gasteiger partial charge in [0.05, 0.1) is 30.3 Å². The number of rotatable bonds is 10. The van der Waals surface area contributed by atoms with Crippen LogP contribution in [-0.4, -0.2) is 37.4 Å². The van der Waals surface area contributed by atoms with E-state index in [-0.39, 0.29) is 29.6 Å². The summed E-state index contributed by atoms with van der Waals surface area (Å²) >= 11 is 11.7. The molecular weight excluding hydrogens is 429 g/mol. The van der Waals surface area contributed by atoms with Crippen LogP contribution in [0.4, 0.5) is 0 Å². The maximum Gasteiger partial charge on any atom is 0.253 e. The summed E-state index contributed by atoms with van der Waals surface area (Å²) in [6.07, 6.45) is 0. The van der Waals surface area contributed by atoms with E-state index in [1.807, 2.05) is 31.2 Å². The number of hydrogen-bond acceptors (Lipinski definition) is 4. The summed E-state index contributed by atoms with van der Waals surface area (Å²) in [5.74, 6) is -1.35. The molecule has 0 saturated heterocycles. The smallest absolute Gasteiger partial charge is 0.253 e. The Morgan fingerprint density at radius 2 is 1.50 bits per heavy atom. The number of amides is 3. The molecule has 2 rings (SSSR count). The molecule has 2 aromatic carbocycles. The molecule has 30 heavy (non-hydrogen) atoms. The van der Waals surface area contributed by atoms with Crippen molar-refractivity contribution in [1.82, 2.24) is 16.0 Å². The Balaban J connectivity index is 1.67. The van der Waals surface area contributed by atoms with E-state index in [0.717, 1.165) is 11.1 Å². The molecule has 0 saturated carbocycles. The second-order valence-electron chi connectivity index (χ2n) is 6.31. The highest BCUT2D eigenvalue weighted by Gasteiger charge is 2.12. The van der Waals surface area contributed by atoms with Gasteiger partial charge in [0, 0.05) is 18.2 Å². The van der Waals surface area contributed by atoms with Crippen LogP contribution in [0.2, 0.25) is 10.0 Å². The quantitative estimate of drug-likeness (QED) is 0.517. The van der Waals surface area contributed by atoms with Crippen molar-refractivity contribution in [3.05, 3.63) is 69.2 Å². The molecule has 3 amide bonds. The van der Waals surface area contributed by atoms with Gasteiger partial charge >= 0.3 is 0 Å². The fourth-order valence-electron chi connectivity index (χ4n) is 2.41. The third kappa shape index (κ3) is 8.02. The van der Waals surface area contributed by atoms with E-state index in [4.69, 9.17) is 27.9 Å². The van der Waals surface area contributed by atoms with Crippen molar-refractivity contribution in [3.8, 4) is 0 Å². The van der Waals surface area contributed by atoms with E-state index in [0.29, 0.717) is 24.8 Å². The van der Waals surface area contributed by atoms with Crippen LogP contribution in [0.5, 0.6) is 0 Å². The highest BCUT2D eigenvalue weighted by molar-refractivity contribution is 6.36. The molecule has 3 N–H and O–H groups in total. The fourth-order valence-corrected chi connectivity index (χ4v) is 2.90. The first-order valence-electron chi connectivity index (χ1n) is 9.31. The number of benzene rings is 2. The van der Waals surface area contributed by atoms with Crippen molar-refractivity contribution < 1.29 is 19.1 Å². The van der Waals surface area contributed by atoms with Gasteiger partial charge in [-0.05, 0) is 36.2 Å². The van der Waals surface area contributed by atoms with Gasteiger partial charge in [0.25, 0.3) is 5.91 Å². The van der Waals surface area contributed by atoms with Crippen molar-refractivity contribution in [3.63, 3.8) is 0 Å². The van der Waals surface area contributed by atoms with E-state index in [1.54, 1.807) is 0 Å². The Labute approximate surface area is 185 Å². The molecule has 0 atom stereocenters. The molecule has 0 heterocycles. The molecule has 0 aliphatic rings. The number of carbonyl (C=O) groups is 3. The first-order chi connectivity index (χ1) is 14.4. The molecule has 9 heteroatoms. The molecule has 0 spiro atoms. The highest BCUT2D eigenvalue weighted by atomic mass is 35.5. The van der Waals surface area contributed by atoms with Crippen molar-refractivity contribution in [2.45, 2.75) is 20.1 Å². The predicted octanol–water partition coefficient (Wildman–Crippen LogP) is 2.69. The zero-order chi connectivity index (χ0) is 21.9. The van der Waals surface area contributed by atoms with Gasteiger partial charge in [-0.1, -0.05) is 47.5 Å². The monoisotopic (exact) mass is 451 g/mol. The van der Waals surface area contributed by atoms with E-state index >= 15 is 0 Å². The summed E-state index contributed by atoms with van der Waals surface area (Å²) in [5.41, 5.74) is 2.20. The number of nitrogens with one attached hydrogen (secondary N) is 3. The Morgan fingerprint density at radius 1 is 0.867 bits per heavy atom. The maximum absolute atomic E-state index is 12.1. The van der Waals surface area contributed by atoms with Gasteiger partial charge in [-0.3, -0.25) is 14.4 Å². The first kappa shape index (κ1) is 23.7. The molecule has 0 unspecified atom stereocenters. The van der Waals surface area contributed by atoms with Crippen LogP contribution in [0.1, 0.15) is 28.4 Å². The maximum atomic E-state index is 12.1. The van der Waals surface area contributed by atoms with Crippen LogP contribution in [0.15, 0.2) is 42.5 Å². The predicted molar refractivity (Wildman–Crippen MR) is 115 cm³/mol. The highest BCUT2D eigenvalue weighted by Crippen LogP contribution is 2.20. The van der Waals surface area contributed by atoms with E-state index in [2.05, 4.69) is 16.0 Å². The Morgan fingerprint density at radius 3 is 2.17 bits per heavy atom. The summed E-state index contributed by atoms with van der Waals surface area (Å²) in [7, 11) is 0. The SMILES string of the molecule is CCOCc1ccc(CNC(=O)CNC(=O)CNC(=O)c2ccc(Cl)cc2Cl)cc1. The van der Waals surface area contributed by atoms with Crippen LogP contribution in [-0.2, 0) is 27.5 Å². The Kier molecular flexibility index (Phi) is 9.60. The summed E-state index contributed by atoms with van der Waals surface area (Å²) < 4.78 is 5.33. The molecule has 2 aromatic rings. The van der Waals surface area contributed by atoms with Gasteiger partial charge in [-0.25, -0.2) is 0 Å². The molecular formula is C21H23Cl2N3O4. The largest absolute Gasteiger partial charge is 0.377 e. The normalized spacial score (nSPS) is 10.4. The molecule has 160 valence electrons. The zero-order valence-corrected chi connectivity index (χ0v) is 18.0. The molecule has 0 radical (unpaired) electrons. The lowest BCUT2D eigenvalue weighted by atomic mass is 10.1. The second kappa shape index (κ2) is 12.2. The van der Waals surface area contributed by atoms with Gasteiger partial charge in [-0.2, -0.15) is 0 Å². The lowest BCUT2D eigenvalue weighted by molar-refractivity contribution is -0.125. The summed E-state index contributed by atoms with van der Waals surface area (Å²) in [6.45, 7) is 3.00. The Bertz CT molecular complexity index is 888. The molecule has 7 nitrogen and oxygen atoms in total. The summed E-state index contributed by atoms with van der Waals surface area (Å²) in [5, 5.41) is 8.19. The average Bonchev–Trinajstić information content (AvgIpc) is 2.73. The number of halogens is 2. The van der Waals surface area contributed by atoms with Gasteiger partial charge in [0.15, 0.2) is 0 Å². The Hall–Kier alpha value is -2.61. The lowest BCUT2D eigenvalue weighted by Crippen LogP contribution is -2.41. The van der Waals surface area contributed by atoms with Crippen LogP contribution < -0.4 is 16.0 Å². The minimum Gasteiger partial charge on any atom is -0.377 e. The fraction of sp³-hybridized carbons (Fsp3) is 0.286. The summed E-state index contributed by atoms with van der Waals surface area (Å²) in [6, 6.07) is 12.1. The van der Waals surface area contributed by atoms with Crippen LogP contribution in [0, 0.1) is 0 Å². The molecule has 0 aliphatic carbocycles. The second-order valence-corrected chi connectivity index (χ2v) is 7.16. The minimum atomic E-state index is -0.510. The first-order valence-corrected chi connectivity index (χ1v) is 10.1. The minimum absolute atomic E-state index is 0.186. The molecule has 0 aliphatic heterocycles. The third-order valence-electron chi connectivity index (χ3n) is 4.02. The lowest BCUT2D eigenvalue weighted by Gasteiger charge is -2.09. The number of carbonyl (C=O) groups excluding carboxylic acids is 3. The van der Waals surface area contributed by atoms with Crippen molar-refractivity contribution >= 4 is 40.9 Å². The average molecular weight is 452 g/mol. The van der Waals surface area contributed by atoms with Crippen LogP contribution >= 0.6 is 23.2 Å². The topological polar surface area (TPSA) is 96.5 Å². The van der Waals surface area contributed by atoms with Crippen molar-refractivity contribution in [2.75, 3.05) is 19.7 Å². The van der Waals surface area contributed by atoms with Crippen molar-refractivity contribution in [1.29, 1.82) is 0 Å². The van der Waals surface area contributed by atoms with E-state index in [9.17, 15) is 14.4 Å². The summed E-state index contributed by atoms with van der Waals surface area (Å²) in [4.78, 5) is 35.8. The van der Waals surface area contributed by atoms with Gasteiger partial charge < -0.3 is 20.7 Å². The van der Waals surface area contributed by atoms with Gasteiger partial charge in [0.2, 0.25) is 11.8 Å². The molecule has 0 fully saturated rings. The van der Waals surface area contributed by atoms with Crippen LogP contribution in [0.3, 0.4) is 0 Å². The van der Waals surface area contributed by atoms with Gasteiger partial charge in [-0.15, -0.1) is 0 Å². The number of ether oxygens (including phenoxy) is 1. The molecule has 0 bridgehead atoms. The molecule has 0 aromatic heterocycles. The zero-order valence-electron chi connectivity index (χ0n) is 16.5. The van der Waals surface area contributed by atoms with Crippen LogP contribution in [0.25, 0.3) is 0 Å². The number of hydrogen-bond donors (Lipinski definition) is 3. The van der Waals surface area contributed by atoms with E-state index < -0.39 is 11.8 Å². The van der Waals surface area contributed by atoms with Crippen molar-refractivity contribution in [2.24, 2.45) is 0 Å². The third-order valence-corrected chi connectivity index (χ3v) is 4.56. The van der Waals surface area contributed by atoms with Gasteiger partial charge in [0.1, 0.15) is 0 Å². The van der Waals surface area contributed by atoms with E-state index in [1.165, 1.54) is 18.2 Å². The standard InChI is InChI=1S/C21H23Cl2N3O4/c1-2-30-13-15-5-3-14(4-6-15)10-24-19(27)11-25-20(28)12-26-21(29)17-8-7-16(22)9-18(17)23/h3-9H,2,10-13H2,1H3,(H,24,27)(H,25,28)(H,26,29).